The van der Waals surface area contributed by atoms with Crippen molar-refractivity contribution >= 4 is 70.9 Å². The molecule has 1 fully saturated rings. The smallest absolute Gasteiger partial charge is 0.246 e. The Morgan fingerprint density at radius 3 is 1.95 bits per heavy atom. The number of guanidine groups is 1. The number of phenolic OH excluding ortho intramolecular Hbond substituents is 1. The molecule has 0 aliphatic carbocycles. The zero-order valence-corrected chi connectivity index (χ0v) is 42.6. The van der Waals surface area contributed by atoms with Crippen molar-refractivity contribution < 1.29 is 53.4 Å². The number of aliphatic imine (C=N–C) groups is 1. The first-order valence-corrected chi connectivity index (χ1v) is 25.4. The second kappa shape index (κ2) is 30.8. The monoisotopic (exact) mass is 1040 g/mol. The van der Waals surface area contributed by atoms with Gasteiger partial charge in [-0.15, -0.1) is 0 Å². The van der Waals surface area contributed by atoms with Gasteiger partial charge in [0.25, 0.3) is 0 Å². The Hall–Kier alpha value is -6.99. The van der Waals surface area contributed by atoms with Crippen LogP contribution in [0.5, 0.6) is 5.75 Å². The normalized spacial score (nSPS) is 16.0. The molecular formula is C48H73N13O11S. The maximum atomic E-state index is 14.6. The third-order valence-electron chi connectivity index (χ3n) is 11.7. The molecule has 17 N–H and O–H groups in total. The number of amides is 9. The lowest BCUT2D eigenvalue weighted by molar-refractivity contribution is -0.142. The van der Waals surface area contributed by atoms with E-state index < -0.39 is 115 Å². The Morgan fingerprint density at radius 1 is 0.726 bits per heavy atom. The molecule has 1 heterocycles. The Morgan fingerprint density at radius 2 is 1.33 bits per heavy atom. The molecule has 2 aromatic rings. The van der Waals surface area contributed by atoms with Crippen LogP contribution in [0, 0.1) is 5.92 Å². The summed E-state index contributed by atoms with van der Waals surface area (Å²) in [5.41, 5.74) is 23.2. The second-order valence-corrected chi connectivity index (χ2v) is 19.1. The summed E-state index contributed by atoms with van der Waals surface area (Å²) in [7, 11) is 0. The number of phenols is 1. The van der Waals surface area contributed by atoms with Gasteiger partial charge in [0.2, 0.25) is 53.2 Å². The van der Waals surface area contributed by atoms with E-state index in [2.05, 4.69) is 42.2 Å². The van der Waals surface area contributed by atoms with Crippen molar-refractivity contribution in [2.75, 3.05) is 38.2 Å². The van der Waals surface area contributed by atoms with Crippen molar-refractivity contribution in [1.82, 2.24) is 42.1 Å². The number of benzene rings is 2. The number of aliphatic hydroxyl groups is 1. The van der Waals surface area contributed by atoms with E-state index in [9.17, 15) is 53.4 Å². The zero-order valence-electron chi connectivity index (χ0n) is 41.8. The van der Waals surface area contributed by atoms with Crippen molar-refractivity contribution in [3.63, 3.8) is 0 Å². The number of nitrogens with two attached hydrogens (primary N) is 4. The summed E-state index contributed by atoms with van der Waals surface area (Å²) in [6.07, 6.45) is 3.07. The SMILES string of the molecule is CSCC[C@H](NC(=O)[C@H](CCCN=C(N)N)NC(=O)[C@@H]1CCCN1C(=O)[C@H](Cc1ccccc1)NC(=O)[C@H](C)NC(=O)[C@H](CC(C)C)NC(=O)[C@H](Cc1ccc(O)cc1)NC(=O)CNC(=O)[C@@H](N)CO)C(N)=O. The predicted octanol–water partition coefficient (Wildman–Crippen LogP) is -3.13. The predicted molar refractivity (Wildman–Crippen MR) is 274 cm³/mol. The van der Waals surface area contributed by atoms with Crippen LogP contribution < -0.4 is 60.2 Å². The molecule has 1 aliphatic heterocycles. The number of nitrogens with one attached hydrogen (secondary N) is 7. The highest BCUT2D eigenvalue weighted by molar-refractivity contribution is 7.98. The van der Waals surface area contributed by atoms with E-state index in [-0.39, 0.29) is 75.7 Å². The number of aromatic hydroxyl groups is 1. The molecule has 0 unspecified atom stereocenters. The fraction of sp³-hybridized carbons (Fsp3) is 0.542. The van der Waals surface area contributed by atoms with Gasteiger partial charge in [-0.25, -0.2) is 0 Å². The molecule has 0 radical (unpaired) electrons. The minimum absolute atomic E-state index is 0.00458. The highest BCUT2D eigenvalue weighted by Crippen LogP contribution is 2.21. The van der Waals surface area contributed by atoms with E-state index in [0.717, 1.165) is 0 Å². The van der Waals surface area contributed by atoms with Gasteiger partial charge in [0.05, 0.1) is 13.2 Å². The molecule has 0 bridgehead atoms. The van der Waals surface area contributed by atoms with Crippen molar-refractivity contribution in [3.05, 3.63) is 65.7 Å². The summed E-state index contributed by atoms with van der Waals surface area (Å²) in [5.74, 6) is -6.38. The number of hydrogen-bond donors (Lipinski definition) is 13. The van der Waals surface area contributed by atoms with Crippen molar-refractivity contribution in [2.45, 2.75) is 120 Å². The number of nitrogens with zero attached hydrogens (tertiary/aromatic N) is 2. The van der Waals surface area contributed by atoms with E-state index in [4.69, 9.17) is 22.9 Å². The van der Waals surface area contributed by atoms with Crippen LogP contribution in [-0.2, 0) is 56.0 Å². The number of aliphatic hydroxyl groups excluding tert-OH is 1. The molecule has 0 aromatic heterocycles. The Balaban J connectivity index is 1.82. The number of carbonyl (C=O) groups is 9. The van der Waals surface area contributed by atoms with Gasteiger partial charge >= 0.3 is 0 Å². The summed E-state index contributed by atoms with van der Waals surface area (Å²) in [6.45, 7) is 4.04. The number of primary amides is 1. The topological polar surface area (TPSA) is 398 Å². The maximum absolute atomic E-state index is 14.6. The first-order valence-electron chi connectivity index (χ1n) is 24.0. The molecule has 402 valence electrons. The van der Waals surface area contributed by atoms with Crippen LogP contribution >= 0.6 is 11.8 Å². The first-order chi connectivity index (χ1) is 34.6. The molecule has 8 atom stereocenters. The van der Waals surface area contributed by atoms with Crippen LogP contribution in [0.15, 0.2) is 59.6 Å². The van der Waals surface area contributed by atoms with Crippen LogP contribution in [-0.4, -0.2) is 161 Å². The molecule has 9 amide bonds. The van der Waals surface area contributed by atoms with Gasteiger partial charge in [-0.1, -0.05) is 56.3 Å². The second-order valence-electron chi connectivity index (χ2n) is 18.1. The van der Waals surface area contributed by atoms with Gasteiger partial charge < -0.3 is 75.3 Å². The average molecular weight is 1040 g/mol. The van der Waals surface area contributed by atoms with Crippen LogP contribution in [0.1, 0.15) is 70.4 Å². The Bertz CT molecular complexity index is 2220. The summed E-state index contributed by atoms with van der Waals surface area (Å²) in [6, 6.07) is 5.11. The van der Waals surface area contributed by atoms with Crippen molar-refractivity contribution in [3.8, 4) is 5.75 Å². The lowest BCUT2D eigenvalue weighted by atomic mass is 10.0. The number of likely N-dealkylation sites (tertiary alicyclic amines) is 1. The van der Waals surface area contributed by atoms with Crippen LogP contribution in [0.3, 0.4) is 0 Å². The zero-order chi connectivity index (χ0) is 54.2. The van der Waals surface area contributed by atoms with Gasteiger partial charge in [-0.3, -0.25) is 48.1 Å². The van der Waals surface area contributed by atoms with Gasteiger partial charge in [0.15, 0.2) is 5.96 Å². The lowest BCUT2D eigenvalue weighted by Gasteiger charge is -2.31. The molecule has 3 rings (SSSR count). The van der Waals surface area contributed by atoms with E-state index in [1.54, 1.807) is 44.2 Å². The Kier molecular flexibility index (Phi) is 25.4. The van der Waals surface area contributed by atoms with Gasteiger partial charge in [-0.2, -0.15) is 11.8 Å². The summed E-state index contributed by atoms with van der Waals surface area (Å²) >= 11 is 1.46. The fourth-order valence-electron chi connectivity index (χ4n) is 7.74. The summed E-state index contributed by atoms with van der Waals surface area (Å²) < 4.78 is 0. The Labute approximate surface area is 429 Å². The quantitative estimate of drug-likeness (QED) is 0.0209. The number of hydrogen-bond acceptors (Lipinski definition) is 14. The van der Waals surface area contributed by atoms with E-state index in [1.807, 2.05) is 6.26 Å². The molecule has 73 heavy (non-hydrogen) atoms. The number of carbonyl (C=O) groups excluding carboxylic acids is 9. The van der Waals surface area contributed by atoms with Crippen LogP contribution in [0.4, 0.5) is 0 Å². The minimum Gasteiger partial charge on any atom is -0.508 e. The van der Waals surface area contributed by atoms with Crippen LogP contribution in [0.2, 0.25) is 0 Å². The highest BCUT2D eigenvalue weighted by Gasteiger charge is 2.40. The van der Waals surface area contributed by atoms with E-state index in [1.165, 1.54) is 47.9 Å². The molecular weight excluding hydrogens is 967 g/mol. The molecule has 1 saturated heterocycles. The van der Waals surface area contributed by atoms with Crippen molar-refractivity contribution in [2.24, 2.45) is 33.8 Å². The minimum atomic E-state index is -1.30. The van der Waals surface area contributed by atoms with Crippen LogP contribution in [0.25, 0.3) is 0 Å². The standard InChI is InChI=1S/C48H73N13O11S/c1-27(2)22-35(59-45(70)36(23-30-14-16-31(63)17-15-30)56-39(64)25-54-42(67)32(49)26-62)44(69)55-28(3)41(66)60-37(24-29-10-6-5-7-11-29)47(72)61-20-9-13-38(61)46(71)58-34(12-8-19-53-48(51)52)43(68)57-33(40(50)65)18-21-73-4/h5-7,10-11,14-17,27-28,32-38,62-63H,8-9,12-13,18-26,49H2,1-4H3,(H2,50,65)(H,54,67)(H,55,69)(H,56,64)(H,57,68)(H,58,71)(H,59,70)(H,60,66)(H4,51,52,53)/t28-,32-,33-,34-,35-,36-,37-,38-/m0/s1. The van der Waals surface area contributed by atoms with Crippen molar-refractivity contribution in [1.29, 1.82) is 0 Å². The van der Waals surface area contributed by atoms with Gasteiger partial charge in [-0.05, 0) is 86.6 Å². The van der Waals surface area contributed by atoms with E-state index >= 15 is 0 Å². The molecule has 24 nitrogen and oxygen atoms in total. The number of rotatable bonds is 30. The largest absolute Gasteiger partial charge is 0.508 e. The van der Waals surface area contributed by atoms with Gasteiger partial charge in [0, 0.05) is 25.9 Å². The third-order valence-corrected chi connectivity index (χ3v) is 12.3. The third kappa shape index (κ3) is 20.9. The highest BCUT2D eigenvalue weighted by atomic mass is 32.2. The molecule has 25 heteroatoms. The first kappa shape index (κ1) is 60.3. The van der Waals surface area contributed by atoms with Gasteiger partial charge in [0.1, 0.15) is 54.1 Å². The lowest BCUT2D eigenvalue weighted by Crippen LogP contribution is -2.60. The average Bonchev–Trinajstić information content (AvgIpc) is 3.85. The molecule has 2 aromatic carbocycles. The summed E-state index contributed by atoms with van der Waals surface area (Å²) in [5, 5.41) is 37.3. The molecule has 0 saturated carbocycles. The summed E-state index contributed by atoms with van der Waals surface area (Å²) in [4.78, 5) is 127. The molecule has 0 spiro atoms. The van der Waals surface area contributed by atoms with E-state index in [0.29, 0.717) is 23.3 Å². The number of thioether (sulfide) groups is 1. The molecule has 1 aliphatic rings. The fourth-order valence-corrected chi connectivity index (χ4v) is 8.21. The maximum Gasteiger partial charge on any atom is 0.246 e.